The highest BCUT2D eigenvalue weighted by Crippen LogP contribution is 2.76. The summed E-state index contributed by atoms with van der Waals surface area (Å²) in [5.41, 5.74) is -2.02. The number of hydrogen-bond acceptors (Lipinski definition) is 18. The molecule has 7 rings (SSSR count). The zero-order valence-corrected chi connectivity index (χ0v) is 39.5. The molecule has 7 aliphatic rings. The van der Waals surface area contributed by atoms with Gasteiger partial charge < -0.3 is 84.6 Å². The zero-order valence-electron chi connectivity index (χ0n) is 39.5. The predicted octanol–water partition coefficient (Wildman–Crippen LogP) is 0.278. The predicted molar refractivity (Wildman–Crippen MR) is 229 cm³/mol. The third-order valence-electron chi connectivity index (χ3n) is 18.5. The van der Waals surface area contributed by atoms with Crippen LogP contribution in [0.3, 0.4) is 0 Å². The number of hydrogen-bond donors (Lipinski definition) is 11. The Morgan fingerprint density at radius 3 is 2.07 bits per heavy atom. The van der Waals surface area contributed by atoms with Crippen LogP contribution in [-0.2, 0) is 47.6 Å². The molecule has 5 aliphatic carbocycles. The Morgan fingerprint density at radius 1 is 0.779 bits per heavy atom. The van der Waals surface area contributed by atoms with Crippen LogP contribution in [0.25, 0.3) is 0 Å². The van der Waals surface area contributed by atoms with Crippen LogP contribution in [0.1, 0.15) is 106 Å². The topological polar surface area (TPSA) is 346 Å². The molecule has 0 aromatic heterocycles. The van der Waals surface area contributed by atoms with Crippen molar-refractivity contribution >= 4 is 23.9 Å². The molecule has 21 unspecified atom stereocenters. The number of aliphatic carboxylic acids is 3. The van der Waals surface area contributed by atoms with Crippen molar-refractivity contribution in [3.63, 3.8) is 0 Å². The fourth-order valence-corrected chi connectivity index (χ4v) is 14.3. The van der Waals surface area contributed by atoms with Crippen LogP contribution < -0.4 is 0 Å². The summed E-state index contributed by atoms with van der Waals surface area (Å²) in [5, 5.41) is 114. The molecule has 0 radical (unpaired) electrons. The summed E-state index contributed by atoms with van der Waals surface area (Å²) >= 11 is 0. The smallest absolute Gasteiger partial charge is 0.337 e. The standard InChI is InChI=1S/C47H72O21/c1-42(2)13-15-47(41(62)68-39-30(54)29(53)28(52)23(18-48)64-39)16-14-45(5)21(22(47)17-42)7-8-25-43(3)11-10-26(44(4,20-49)24(43)9-12-46(25,45)6)65-40-32(56)34(31(55)35(67-40)37(60)61)66-38(33(57)36(58)59)63-19-27(50)51/h7,22-26,28-35,38-40,48-49,52-57H,8-20H2,1-6H3,(H,50,51)(H,58,59)(H,60,61). The van der Waals surface area contributed by atoms with Gasteiger partial charge in [-0.25, -0.2) is 14.4 Å². The van der Waals surface area contributed by atoms with Crippen molar-refractivity contribution in [1.82, 2.24) is 0 Å². The molecule has 21 nitrogen and oxygen atoms in total. The van der Waals surface area contributed by atoms with Gasteiger partial charge in [-0.2, -0.15) is 0 Å². The Morgan fingerprint density at radius 2 is 1.46 bits per heavy atom. The van der Waals surface area contributed by atoms with Gasteiger partial charge in [-0.3, -0.25) is 4.79 Å². The summed E-state index contributed by atoms with van der Waals surface area (Å²) in [6.07, 6.45) is -15.4. The first kappa shape index (κ1) is 52.9. The van der Waals surface area contributed by atoms with E-state index in [2.05, 4.69) is 40.7 Å². The average molecular weight is 973 g/mol. The molecule has 2 heterocycles. The number of carbonyl (C=O) groups is 4. The minimum Gasteiger partial charge on any atom is -0.480 e. The van der Waals surface area contributed by atoms with Crippen molar-refractivity contribution in [3.05, 3.63) is 11.6 Å². The number of ether oxygens (including phenoxy) is 6. The van der Waals surface area contributed by atoms with Crippen molar-refractivity contribution < 1.29 is 104 Å². The number of fused-ring (bicyclic) bond motifs is 7. The minimum absolute atomic E-state index is 0.0729. The quantitative estimate of drug-likeness (QED) is 0.0482. The number of carboxylic acid groups (broad SMARTS) is 3. The van der Waals surface area contributed by atoms with Gasteiger partial charge in [0.15, 0.2) is 18.7 Å². The number of aliphatic hydroxyl groups excluding tert-OH is 8. The number of esters is 1. The van der Waals surface area contributed by atoms with E-state index in [1.807, 2.05) is 6.92 Å². The summed E-state index contributed by atoms with van der Waals surface area (Å²) < 4.78 is 34.0. The zero-order chi connectivity index (χ0) is 50.3. The van der Waals surface area contributed by atoms with E-state index in [1.165, 1.54) is 5.57 Å². The monoisotopic (exact) mass is 972 g/mol. The molecule has 2 saturated heterocycles. The Labute approximate surface area is 394 Å². The second-order valence-corrected chi connectivity index (χ2v) is 22.5. The third-order valence-corrected chi connectivity index (χ3v) is 18.5. The largest absolute Gasteiger partial charge is 0.480 e. The number of carbonyl (C=O) groups excluding carboxylic acids is 1. The Balaban J connectivity index is 1.15. The number of carboxylic acids is 3. The lowest BCUT2D eigenvalue weighted by atomic mass is 9.33. The summed E-state index contributed by atoms with van der Waals surface area (Å²) in [7, 11) is 0. The van der Waals surface area contributed by atoms with Crippen LogP contribution in [0.4, 0.5) is 0 Å². The normalized spacial score (nSPS) is 47.4. The molecule has 68 heavy (non-hydrogen) atoms. The molecule has 0 bridgehead atoms. The highest BCUT2D eigenvalue weighted by molar-refractivity contribution is 5.79. The Bertz CT molecular complexity index is 1940. The molecular formula is C47H72O21. The SMILES string of the molecule is CC1(C)CCC2(C(=O)OC3OC(CO)C(O)C(O)C3O)CCC3(C)C(=CCC4C5(C)CCC(OC6OC(C(=O)O)C(O)C(OC(OCC(=O)O)C(O)C(=O)O)C6O)C(C)(CO)C5CCC43C)C2C1. The number of rotatable bonds is 14. The van der Waals surface area contributed by atoms with E-state index >= 15 is 0 Å². The van der Waals surface area contributed by atoms with Gasteiger partial charge in [0.25, 0.3) is 0 Å². The maximum Gasteiger partial charge on any atom is 0.337 e. The maximum absolute atomic E-state index is 14.7. The van der Waals surface area contributed by atoms with E-state index in [-0.39, 0.29) is 40.6 Å². The van der Waals surface area contributed by atoms with Gasteiger partial charge in [0.1, 0.15) is 49.3 Å². The summed E-state index contributed by atoms with van der Waals surface area (Å²) in [6, 6.07) is 0. The second kappa shape index (κ2) is 18.9. The summed E-state index contributed by atoms with van der Waals surface area (Å²) in [5.74, 6) is -6.05. The fraction of sp³-hybridized carbons (Fsp3) is 0.872. The van der Waals surface area contributed by atoms with Gasteiger partial charge in [0.05, 0.1) is 24.7 Å². The minimum atomic E-state index is -2.51. The molecular weight excluding hydrogens is 900 g/mol. The molecule has 21 atom stereocenters. The van der Waals surface area contributed by atoms with Gasteiger partial charge in [-0.1, -0.05) is 53.2 Å². The molecule has 0 aromatic rings. The van der Waals surface area contributed by atoms with Gasteiger partial charge in [0, 0.05) is 5.41 Å². The molecule has 0 amide bonds. The first-order chi connectivity index (χ1) is 31.7. The van der Waals surface area contributed by atoms with Crippen molar-refractivity contribution in [2.24, 2.45) is 50.2 Å². The molecule has 6 fully saturated rings. The lowest BCUT2D eigenvalue weighted by molar-refractivity contribution is -0.347. The van der Waals surface area contributed by atoms with Crippen molar-refractivity contribution in [1.29, 1.82) is 0 Å². The first-order valence-electron chi connectivity index (χ1n) is 23.8. The molecule has 11 N–H and O–H groups in total. The molecule has 4 saturated carbocycles. The van der Waals surface area contributed by atoms with E-state index in [4.69, 9.17) is 33.5 Å². The van der Waals surface area contributed by atoms with Gasteiger partial charge in [-0.05, 0) is 104 Å². The van der Waals surface area contributed by atoms with E-state index < -0.39 is 133 Å². The Hall–Kier alpha value is -2.90. The highest BCUT2D eigenvalue weighted by atomic mass is 16.7. The molecule has 0 aromatic carbocycles. The molecule has 386 valence electrons. The average Bonchev–Trinajstić information content (AvgIpc) is 3.27. The Kier molecular flexibility index (Phi) is 14.7. The van der Waals surface area contributed by atoms with Crippen LogP contribution in [0.2, 0.25) is 0 Å². The van der Waals surface area contributed by atoms with E-state index in [0.29, 0.717) is 51.4 Å². The van der Waals surface area contributed by atoms with Gasteiger partial charge >= 0.3 is 23.9 Å². The van der Waals surface area contributed by atoms with E-state index in [1.54, 1.807) is 0 Å². The van der Waals surface area contributed by atoms with E-state index in [0.717, 1.165) is 12.8 Å². The van der Waals surface area contributed by atoms with Crippen LogP contribution in [-0.4, -0.2) is 180 Å². The molecule has 21 heteroatoms. The van der Waals surface area contributed by atoms with Gasteiger partial charge in [-0.15, -0.1) is 0 Å². The van der Waals surface area contributed by atoms with Gasteiger partial charge in [0.2, 0.25) is 12.4 Å². The highest BCUT2D eigenvalue weighted by Gasteiger charge is 2.70. The number of allylic oxidation sites excluding steroid dienone is 2. The van der Waals surface area contributed by atoms with Crippen LogP contribution in [0, 0.1) is 50.2 Å². The van der Waals surface area contributed by atoms with Crippen LogP contribution >= 0.6 is 0 Å². The van der Waals surface area contributed by atoms with Crippen LogP contribution in [0.15, 0.2) is 11.6 Å². The fourth-order valence-electron chi connectivity index (χ4n) is 14.3. The molecule has 0 spiro atoms. The lowest BCUT2D eigenvalue weighted by Gasteiger charge is -2.71. The third kappa shape index (κ3) is 8.61. The summed E-state index contributed by atoms with van der Waals surface area (Å²) in [4.78, 5) is 49.9. The van der Waals surface area contributed by atoms with Crippen LogP contribution in [0.5, 0.6) is 0 Å². The second-order valence-electron chi connectivity index (χ2n) is 22.5. The number of aliphatic hydroxyl groups is 8. The van der Waals surface area contributed by atoms with Crippen molar-refractivity contribution in [2.75, 3.05) is 19.8 Å². The summed E-state index contributed by atoms with van der Waals surface area (Å²) in [6.45, 7) is 10.9. The maximum atomic E-state index is 14.7. The van der Waals surface area contributed by atoms with Crippen molar-refractivity contribution in [2.45, 2.75) is 186 Å². The van der Waals surface area contributed by atoms with Crippen molar-refractivity contribution in [3.8, 4) is 0 Å². The lowest BCUT2D eigenvalue weighted by Crippen LogP contribution is -2.67. The van der Waals surface area contributed by atoms with E-state index in [9.17, 15) is 70.2 Å². The first-order valence-corrected chi connectivity index (χ1v) is 23.8. The molecule has 2 aliphatic heterocycles.